The third-order valence-electron chi connectivity index (χ3n) is 4.18. The zero-order valence-corrected chi connectivity index (χ0v) is 11.6. The smallest absolute Gasteiger partial charge is 0.0534 e. The maximum Gasteiger partial charge on any atom is 0.0534 e. The second kappa shape index (κ2) is 6.19. The van der Waals surface area contributed by atoms with Crippen LogP contribution in [0.3, 0.4) is 0 Å². The van der Waals surface area contributed by atoms with Gasteiger partial charge in [0, 0.05) is 18.6 Å². The van der Waals surface area contributed by atoms with Crippen molar-refractivity contribution in [2.45, 2.75) is 52.4 Å². The quantitative estimate of drug-likeness (QED) is 0.702. The molecule has 0 amide bonds. The Kier molecular flexibility index (Phi) is 4.87. The summed E-state index contributed by atoms with van der Waals surface area (Å²) < 4.78 is 5.96. The van der Waals surface area contributed by atoms with Crippen LogP contribution in [0.1, 0.15) is 52.4 Å². The van der Waals surface area contributed by atoms with Crippen LogP contribution >= 0.6 is 0 Å². The van der Waals surface area contributed by atoms with Gasteiger partial charge < -0.3 is 10.1 Å². The van der Waals surface area contributed by atoms with Crippen LogP contribution in [0.25, 0.3) is 0 Å². The predicted octanol–water partition coefficient (Wildman–Crippen LogP) is 3.22. The average molecular weight is 239 g/mol. The van der Waals surface area contributed by atoms with Gasteiger partial charge in [0.05, 0.1) is 6.61 Å². The molecular formula is C15H29NO. The first-order chi connectivity index (χ1) is 8.20. The van der Waals surface area contributed by atoms with Crippen LogP contribution in [-0.2, 0) is 4.74 Å². The monoisotopic (exact) mass is 239 g/mol. The second-order valence-corrected chi connectivity index (χ2v) is 6.69. The minimum atomic E-state index is 0.462. The molecule has 2 saturated carbocycles. The number of nitrogens with one attached hydrogen (secondary N) is 1. The molecule has 2 heteroatoms. The molecule has 0 aromatic heterocycles. The number of hydrogen-bond donors (Lipinski definition) is 1. The van der Waals surface area contributed by atoms with Gasteiger partial charge in [-0.25, -0.2) is 0 Å². The molecule has 0 aromatic carbocycles. The van der Waals surface area contributed by atoms with E-state index >= 15 is 0 Å². The molecule has 2 rings (SSSR count). The summed E-state index contributed by atoms with van der Waals surface area (Å²) in [5, 5.41) is 3.64. The van der Waals surface area contributed by atoms with Crippen LogP contribution in [0.5, 0.6) is 0 Å². The van der Waals surface area contributed by atoms with E-state index in [1.165, 1.54) is 38.5 Å². The molecule has 2 aliphatic rings. The molecule has 0 heterocycles. The van der Waals surface area contributed by atoms with Gasteiger partial charge in [-0.3, -0.25) is 0 Å². The third kappa shape index (κ3) is 4.59. The van der Waals surface area contributed by atoms with E-state index in [1.54, 1.807) is 0 Å². The van der Waals surface area contributed by atoms with Crippen LogP contribution < -0.4 is 5.32 Å². The third-order valence-corrected chi connectivity index (χ3v) is 4.18. The first-order valence-electron chi connectivity index (χ1n) is 7.49. The highest BCUT2D eigenvalue weighted by molar-refractivity contribution is 4.87. The summed E-state index contributed by atoms with van der Waals surface area (Å²) in [6.07, 6.45) is 8.33. The van der Waals surface area contributed by atoms with E-state index in [1.807, 2.05) is 0 Å². The Labute approximate surface area is 107 Å². The number of hydrogen-bond acceptors (Lipinski definition) is 2. The van der Waals surface area contributed by atoms with E-state index in [0.717, 1.165) is 38.1 Å². The predicted molar refractivity (Wildman–Crippen MR) is 72.2 cm³/mol. The van der Waals surface area contributed by atoms with E-state index in [2.05, 4.69) is 19.2 Å². The fourth-order valence-corrected chi connectivity index (χ4v) is 2.85. The first kappa shape index (κ1) is 13.4. The molecule has 0 radical (unpaired) electrons. The normalized spacial score (nSPS) is 23.5. The molecule has 0 aliphatic heterocycles. The van der Waals surface area contributed by atoms with Gasteiger partial charge >= 0.3 is 0 Å². The molecule has 2 aliphatic carbocycles. The van der Waals surface area contributed by atoms with Crippen molar-refractivity contribution in [3.05, 3.63) is 0 Å². The Bertz CT molecular complexity index is 207. The second-order valence-electron chi connectivity index (χ2n) is 6.69. The molecule has 2 fully saturated rings. The molecule has 0 bridgehead atoms. The molecule has 0 atom stereocenters. The van der Waals surface area contributed by atoms with Gasteiger partial charge in [0.15, 0.2) is 0 Å². The molecule has 0 saturated heterocycles. The van der Waals surface area contributed by atoms with E-state index in [0.29, 0.717) is 5.41 Å². The van der Waals surface area contributed by atoms with E-state index in [4.69, 9.17) is 4.74 Å². The van der Waals surface area contributed by atoms with Gasteiger partial charge in [-0.1, -0.05) is 26.7 Å². The minimum absolute atomic E-state index is 0.462. The summed E-state index contributed by atoms with van der Waals surface area (Å²) in [5.74, 6) is 1.65. The maximum absolute atomic E-state index is 5.96. The molecule has 0 aromatic rings. The van der Waals surface area contributed by atoms with Crippen LogP contribution in [-0.4, -0.2) is 26.3 Å². The summed E-state index contributed by atoms with van der Waals surface area (Å²) in [5.41, 5.74) is 0.462. The Morgan fingerprint density at radius 1 is 1.24 bits per heavy atom. The molecule has 0 unspecified atom stereocenters. The SMILES string of the molecule is CC(C)CNCC1(COCC2CC2)CCCC1. The zero-order chi connectivity index (χ0) is 12.1. The Morgan fingerprint density at radius 2 is 1.94 bits per heavy atom. The highest BCUT2D eigenvalue weighted by Crippen LogP contribution is 2.38. The highest BCUT2D eigenvalue weighted by atomic mass is 16.5. The Hall–Kier alpha value is -0.0800. The molecule has 1 N–H and O–H groups in total. The first-order valence-corrected chi connectivity index (χ1v) is 7.49. The van der Waals surface area contributed by atoms with Crippen molar-refractivity contribution in [2.24, 2.45) is 17.3 Å². The minimum Gasteiger partial charge on any atom is -0.381 e. The molecule has 2 nitrogen and oxygen atoms in total. The fourth-order valence-electron chi connectivity index (χ4n) is 2.85. The summed E-state index contributed by atoms with van der Waals surface area (Å²) in [6, 6.07) is 0. The lowest BCUT2D eigenvalue weighted by molar-refractivity contribution is 0.0401. The molecular weight excluding hydrogens is 210 g/mol. The van der Waals surface area contributed by atoms with Crippen LogP contribution in [0.4, 0.5) is 0 Å². The van der Waals surface area contributed by atoms with Crippen molar-refractivity contribution in [1.82, 2.24) is 5.32 Å². The summed E-state index contributed by atoms with van der Waals surface area (Å²) in [7, 11) is 0. The van der Waals surface area contributed by atoms with Crippen molar-refractivity contribution < 1.29 is 4.74 Å². The zero-order valence-electron chi connectivity index (χ0n) is 11.6. The van der Waals surface area contributed by atoms with E-state index < -0.39 is 0 Å². The van der Waals surface area contributed by atoms with E-state index in [-0.39, 0.29) is 0 Å². The largest absolute Gasteiger partial charge is 0.381 e. The van der Waals surface area contributed by atoms with Crippen molar-refractivity contribution in [3.63, 3.8) is 0 Å². The van der Waals surface area contributed by atoms with Crippen molar-refractivity contribution >= 4 is 0 Å². The van der Waals surface area contributed by atoms with E-state index in [9.17, 15) is 0 Å². The average Bonchev–Trinajstić information content (AvgIpc) is 2.98. The van der Waals surface area contributed by atoms with Gasteiger partial charge in [0.2, 0.25) is 0 Å². The highest BCUT2D eigenvalue weighted by Gasteiger charge is 2.34. The van der Waals surface area contributed by atoms with Gasteiger partial charge in [0.25, 0.3) is 0 Å². The van der Waals surface area contributed by atoms with Crippen molar-refractivity contribution in [3.8, 4) is 0 Å². The molecule has 0 spiro atoms. The Morgan fingerprint density at radius 3 is 2.53 bits per heavy atom. The lowest BCUT2D eigenvalue weighted by Crippen LogP contribution is -2.37. The standard InChI is InChI=1S/C15H29NO/c1-13(2)9-16-11-15(7-3-4-8-15)12-17-10-14-5-6-14/h13-14,16H,3-12H2,1-2H3. The van der Waals surface area contributed by atoms with Gasteiger partial charge in [-0.15, -0.1) is 0 Å². The van der Waals surface area contributed by atoms with Gasteiger partial charge in [0.1, 0.15) is 0 Å². The van der Waals surface area contributed by atoms with Crippen LogP contribution in [0, 0.1) is 17.3 Å². The van der Waals surface area contributed by atoms with Crippen molar-refractivity contribution in [2.75, 3.05) is 26.3 Å². The van der Waals surface area contributed by atoms with Crippen LogP contribution in [0.15, 0.2) is 0 Å². The molecule has 100 valence electrons. The van der Waals surface area contributed by atoms with Crippen LogP contribution in [0.2, 0.25) is 0 Å². The topological polar surface area (TPSA) is 21.3 Å². The summed E-state index contributed by atoms with van der Waals surface area (Å²) in [6.45, 7) is 8.87. The summed E-state index contributed by atoms with van der Waals surface area (Å²) in [4.78, 5) is 0. The maximum atomic E-state index is 5.96. The van der Waals surface area contributed by atoms with Gasteiger partial charge in [-0.2, -0.15) is 0 Å². The summed E-state index contributed by atoms with van der Waals surface area (Å²) >= 11 is 0. The number of ether oxygens (including phenoxy) is 1. The lowest BCUT2D eigenvalue weighted by Gasteiger charge is -2.29. The molecule has 17 heavy (non-hydrogen) atoms. The lowest BCUT2D eigenvalue weighted by atomic mass is 9.87. The fraction of sp³-hybridized carbons (Fsp3) is 1.00. The number of rotatable bonds is 8. The Balaban J connectivity index is 1.68. The van der Waals surface area contributed by atoms with Crippen molar-refractivity contribution in [1.29, 1.82) is 0 Å². The van der Waals surface area contributed by atoms with Gasteiger partial charge in [-0.05, 0) is 44.1 Å².